The molecule has 0 atom stereocenters. The molecule has 2 N–H and O–H groups in total. The first-order valence-corrected chi connectivity index (χ1v) is 8.87. The number of ether oxygens (including phenoxy) is 1. The molecule has 0 aliphatic carbocycles. The van der Waals surface area contributed by atoms with Crippen molar-refractivity contribution in [3.05, 3.63) is 101 Å². The standard InChI is InChI=1S/C23H20N2O4/c1-2-29-23(28)19(16-24)21(26)20(15-9-12-17-10-5-3-6-11-17)25-22(27)18-13-7-4-8-14-18/h3-15,26H,2H2,1H3,(H,25,27)/b12-9+,20-15+,21-19+. The van der Waals surface area contributed by atoms with E-state index in [2.05, 4.69) is 5.32 Å². The molecule has 0 unspecified atom stereocenters. The fourth-order valence-electron chi connectivity index (χ4n) is 2.32. The van der Waals surface area contributed by atoms with Crippen molar-refractivity contribution < 1.29 is 19.4 Å². The molecular formula is C23H20N2O4. The second-order valence-corrected chi connectivity index (χ2v) is 5.73. The first kappa shape index (κ1) is 21.2. The van der Waals surface area contributed by atoms with E-state index < -0.39 is 23.2 Å². The van der Waals surface area contributed by atoms with Gasteiger partial charge in [0, 0.05) is 5.56 Å². The number of carbonyl (C=O) groups excluding carboxylic acids is 2. The molecule has 0 bridgehead atoms. The van der Waals surface area contributed by atoms with Crippen LogP contribution < -0.4 is 5.32 Å². The van der Waals surface area contributed by atoms with E-state index in [4.69, 9.17) is 4.74 Å². The molecule has 2 aromatic carbocycles. The number of rotatable bonds is 7. The number of aliphatic hydroxyl groups excluding tert-OH is 1. The highest BCUT2D eigenvalue weighted by atomic mass is 16.5. The maximum atomic E-state index is 12.5. The lowest BCUT2D eigenvalue weighted by Crippen LogP contribution is -2.25. The van der Waals surface area contributed by atoms with Gasteiger partial charge in [0.1, 0.15) is 6.07 Å². The summed E-state index contributed by atoms with van der Waals surface area (Å²) in [4.78, 5) is 24.4. The number of nitrogens with one attached hydrogen (secondary N) is 1. The van der Waals surface area contributed by atoms with Gasteiger partial charge in [-0.2, -0.15) is 5.26 Å². The molecule has 0 heterocycles. The average Bonchev–Trinajstić information content (AvgIpc) is 2.75. The summed E-state index contributed by atoms with van der Waals surface area (Å²) >= 11 is 0. The third kappa shape index (κ3) is 6.22. The van der Waals surface area contributed by atoms with Crippen molar-refractivity contribution in [3.8, 4) is 6.07 Å². The number of nitrogens with zero attached hydrogens (tertiary/aromatic N) is 1. The molecule has 146 valence electrons. The minimum Gasteiger partial charge on any atom is -0.504 e. The largest absolute Gasteiger partial charge is 0.504 e. The molecule has 0 saturated carbocycles. The lowest BCUT2D eigenvalue weighted by Gasteiger charge is -2.10. The minimum absolute atomic E-state index is 0.0423. The van der Waals surface area contributed by atoms with Crippen LogP contribution in [0.5, 0.6) is 0 Å². The lowest BCUT2D eigenvalue weighted by molar-refractivity contribution is -0.138. The highest BCUT2D eigenvalue weighted by molar-refractivity contribution is 5.97. The van der Waals surface area contributed by atoms with E-state index in [0.717, 1.165) is 5.56 Å². The number of amides is 1. The first-order chi connectivity index (χ1) is 14.1. The van der Waals surface area contributed by atoms with Gasteiger partial charge in [-0.05, 0) is 30.7 Å². The number of aliphatic hydroxyl groups is 1. The Morgan fingerprint density at radius 1 is 1.10 bits per heavy atom. The van der Waals surface area contributed by atoms with Crippen molar-refractivity contribution in [2.24, 2.45) is 0 Å². The minimum atomic E-state index is -0.973. The molecule has 6 nitrogen and oxygen atoms in total. The SMILES string of the molecule is CCOC(=O)\C(C#N)=C(O)/C(=C\C=C\c1ccccc1)NC(=O)c1ccccc1. The summed E-state index contributed by atoms with van der Waals surface area (Å²) in [5, 5.41) is 22.3. The van der Waals surface area contributed by atoms with Gasteiger partial charge >= 0.3 is 5.97 Å². The molecule has 2 rings (SSSR count). The zero-order valence-corrected chi connectivity index (χ0v) is 15.8. The molecule has 0 aromatic heterocycles. The smallest absolute Gasteiger partial charge is 0.352 e. The maximum absolute atomic E-state index is 12.5. The molecule has 0 aliphatic rings. The summed E-state index contributed by atoms with van der Waals surface area (Å²) in [5.41, 5.74) is 0.551. The Balaban J connectivity index is 2.40. The lowest BCUT2D eigenvalue weighted by atomic mass is 10.1. The molecule has 0 fully saturated rings. The van der Waals surface area contributed by atoms with Gasteiger partial charge in [-0.15, -0.1) is 0 Å². The quantitative estimate of drug-likeness (QED) is 0.246. The van der Waals surface area contributed by atoms with Crippen LogP contribution in [0.4, 0.5) is 0 Å². The fraction of sp³-hybridized carbons (Fsp3) is 0.0870. The summed E-state index contributed by atoms with van der Waals surface area (Å²) in [6.45, 7) is 1.63. The number of carbonyl (C=O) groups is 2. The summed E-state index contributed by atoms with van der Waals surface area (Å²) in [7, 11) is 0. The summed E-state index contributed by atoms with van der Waals surface area (Å²) in [5.74, 6) is -2.15. The number of benzene rings is 2. The van der Waals surface area contributed by atoms with Crippen molar-refractivity contribution in [1.29, 1.82) is 5.26 Å². The number of esters is 1. The zero-order chi connectivity index (χ0) is 21.1. The normalized spacial score (nSPS) is 12.1. The predicted octanol–water partition coefficient (Wildman–Crippen LogP) is 3.91. The Hall–Kier alpha value is -4.11. The molecule has 0 aliphatic heterocycles. The van der Waals surface area contributed by atoms with Crippen LogP contribution in [0, 0.1) is 11.3 Å². The Morgan fingerprint density at radius 2 is 1.72 bits per heavy atom. The van der Waals surface area contributed by atoms with Gasteiger partial charge in [0.25, 0.3) is 5.91 Å². The number of hydrogen-bond acceptors (Lipinski definition) is 5. The van der Waals surface area contributed by atoms with Gasteiger partial charge in [-0.3, -0.25) is 4.79 Å². The van der Waals surface area contributed by atoms with Crippen molar-refractivity contribution in [2.75, 3.05) is 6.61 Å². The van der Waals surface area contributed by atoms with Crippen LogP contribution in [0.3, 0.4) is 0 Å². The van der Waals surface area contributed by atoms with Crippen LogP contribution in [-0.2, 0) is 9.53 Å². The Bertz CT molecular complexity index is 985. The first-order valence-electron chi connectivity index (χ1n) is 8.87. The van der Waals surface area contributed by atoms with E-state index in [0.29, 0.717) is 5.56 Å². The third-order valence-corrected chi connectivity index (χ3v) is 3.72. The van der Waals surface area contributed by atoms with Crippen LogP contribution in [-0.4, -0.2) is 23.6 Å². The van der Waals surface area contributed by atoms with Gasteiger partial charge in [0.05, 0.1) is 12.3 Å². The van der Waals surface area contributed by atoms with Gasteiger partial charge in [-0.1, -0.05) is 60.7 Å². The molecule has 2 aromatic rings. The molecule has 6 heteroatoms. The highest BCUT2D eigenvalue weighted by Gasteiger charge is 2.20. The second kappa shape index (κ2) is 10.9. The average molecular weight is 388 g/mol. The number of allylic oxidation sites excluding steroid dienone is 2. The van der Waals surface area contributed by atoms with E-state index >= 15 is 0 Å². The summed E-state index contributed by atoms with van der Waals surface area (Å²) < 4.78 is 4.79. The van der Waals surface area contributed by atoms with E-state index in [1.165, 1.54) is 6.08 Å². The Kier molecular flexibility index (Phi) is 7.96. The molecule has 29 heavy (non-hydrogen) atoms. The van der Waals surface area contributed by atoms with E-state index in [9.17, 15) is 20.0 Å². The summed E-state index contributed by atoms with van der Waals surface area (Å²) in [6.07, 6.45) is 4.74. The van der Waals surface area contributed by atoms with Crippen LogP contribution in [0.2, 0.25) is 0 Å². The molecule has 0 saturated heterocycles. The van der Waals surface area contributed by atoms with Gasteiger partial charge in [0.2, 0.25) is 0 Å². The zero-order valence-electron chi connectivity index (χ0n) is 15.8. The monoisotopic (exact) mass is 388 g/mol. The van der Waals surface area contributed by atoms with Crippen LogP contribution in [0.25, 0.3) is 6.08 Å². The number of hydrogen-bond donors (Lipinski definition) is 2. The van der Waals surface area contributed by atoms with Crippen LogP contribution >= 0.6 is 0 Å². The molecule has 0 spiro atoms. The van der Waals surface area contributed by atoms with Crippen molar-refractivity contribution in [3.63, 3.8) is 0 Å². The van der Waals surface area contributed by atoms with Crippen LogP contribution in [0.15, 0.2) is 89.8 Å². The molecule has 0 radical (unpaired) electrons. The van der Waals surface area contributed by atoms with Crippen molar-refractivity contribution in [2.45, 2.75) is 6.92 Å². The van der Waals surface area contributed by atoms with Gasteiger partial charge in [-0.25, -0.2) is 4.79 Å². The summed E-state index contributed by atoms with van der Waals surface area (Å²) in [6, 6.07) is 19.4. The number of nitriles is 1. The van der Waals surface area contributed by atoms with Gasteiger partial charge < -0.3 is 15.2 Å². The Labute approximate surface area is 169 Å². The fourth-order valence-corrected chi connectivity index (χ4v) is 2.32. The van der Waals surface area contributed by atoms with E-state index in [1.54, 1.807) is 55.5 Å². The van der Waals surface area contributed by atoms with Crippen molar-refractivity contribution in [1.82, 2.24) is 5.32 Å². The van der Waals surface area contributed by atoms with E-state index in [1.807, 2.05) is 30.3 Å². The molecular weight excluding hydrogens is 368 g/mol. The topological polar surface area (TPSA) is 99.4 Å². The van der Waals surface area contributed by atoms with Crippen molar-refractivity contribution >= 4 is 18.0 Å². The predicted molar refractivity (Wildman–Crippen MR) is 109 cm³/mol. The Morgan fingerprint density at radius 3 is 2.31 bits per heavy atom. The highest BCUT2D eigenvalue weighted by Crippen LogP contribution is 2.14. The second-order valence-electron chi connectivity index (χ2n) is 5.73. The van der Waals surface area contributed by atoms with Gasteiger partial charge in [0.15, 0.2) is 11.3 Å². The third-order valence-electron chi connectivity index (χ3n) is 3.72. The van der Waals surface area contributed by atoms with E-state index in [-0.39, 0.29) is 12.3 Å². The maximum Gasteiger partial charge on any atom is 0.352 e. The van der Waals surface area contributed by atoms with Crippen LogP contribution in [0.1, 0.15) is 22.8 Å². The molecule has 1 amide bonds.